The third kappa shape index (κ3) is 10.8. The molecule has 65 heavy (non-hydrogen) atoms. The van der Waals surface area contributed by atoms with E-state index in [-0.39, 0.29) is 36.6 Å². The zero-order valence-corrected chi connectivity index (χ0v) is 40.7. The molecule has 1 saturated heterocycles. The molecule has 1 saturated carbocycles. The molecule has 10 nitrogen and oxygen atoms in total. The molecule has 2 unspecified atom stereocenters. The van der Waals surface area contributed by atoms with Crippen molar-refractivity contribution >= 4 is 34.9 Å². The van der Waals surface area contributed by atoms with Crippen LogP contribution in [0.3, 0.4) is 0 Å². The van der Waals surface area contributed by atoms with E-state index < -0.39 is 11.9 Å². The number of hydrogen-bond donors (Lipinski definition) is 2. The van der Waals surface area contributed by atoms with Gasteiger partial charge in [-0.3, -0.25) is 14.4 Å². The van der Waals surface area contributed by atoms with Gasteiger partial charge in [0.05, 0.1) is 47.6 Å². The van der Waals surface area contributed by atoms with Gasteiger partial charge in [0.2, 0.25) is 0 Å². The van der Waals surface area contributed by atoms with Crippen molar-refractivity contribution in [3.63, 3.8) is 0 Å². The van der Waals surface area contributed by atoms with Crippen molar-refractivity contribution in [3.8, 4) is 0 Å². The molecule has 0 aromatic rings. The van der Waals surface area contributed by atoms with E-state index in [4.69, 9.17) is 24.5 Å². The van der Waals surface area contributed by atoms with Gasteiger partial charge in [0, 0.05) is 51.9 Å². The second kappa shape index (κ2) is 21.7. The fourth-order valence-electron chi connectivity index (χ4n) is 10.1. The lowest BCUT2D eigenvalue weighted by Crippen LogP contribution is -2.26. The van der Waals surface area contributed by atoms with Gasteiger partial charge in [-0.15, -0.1) is 0 Å². The molecule has 6 rings (SSSR count). The van der Waals surface area contributed by atoms with Crippen LogP contribution in [0.5, 0.6) is 0 Å². The largest absolute Gasteiger partial charge is 0.515 e. The van der Waals surface area contributed by atoms with E-state index in [2.05, 4.69) is 53.4 Å². The summed E-state index contributed by atoms with van der Waals surface area (Å²) in [6, 6.07) is 0. The van der Waals surface area contributed by atoms with E-state index in [1.807, 2.05) is 45.1 Å². The average Bonchev–Trinajstić information content (AvgIpc) is 4.02. The summed E-state index contributed by atoms with van der Waals surface area (Å²) in [5.74, 6) is -0.732. The molecule has 0 spiro atoms. The Labute approximate surface area is 387 Å². The number of carbonyl (C=O) groups is 3. The van der Waals surface area contributed by atoms with Crippen LogP contribution >= 0.6 is 0 Å². The van der Waals surface area contributed by atoms with Crippen LogP contribution < -0.4 is 5.32 Å². The Kier molecular flexibility index (Phi) is 16.4. The van der Waals surface area contributed by atoms with Crippen molar-refractivity contribution in [1.82, 2.24) is 5.32 Å². The molecule has 5 aliphatic heterocycles. The number of Topliss-reactive ketones (excluding diaryl/α,β-unsaturated/α-hetero) is 1. The van der Waals surface area contributed by atoms with Crippen LogP contribution in [0.1, 0.15) is 139 Å². The van der Waals surface area contributed by atoms with Crippen molar-refractivity contribution in [3.05, 3.63) is 116 Å². The molecule has 6 aliphatic rings. The van der Waals surface area contributed by atoms with E-state index in [0.717, 1.165) is 53.4 Å². The molecule has 348 valence electrons. The highest BCUT2D eigenvalue weighted by molar-refractivity contribution is 6.42. The first-order chi connectivity index (χ1) is 31.1. The van der Waals surface area contributed by atoms with Gasteiger partial charge in [0.25, 0.3) is 0 Å². The van der Waals surface area contributed by atoms with Crippen molar-refractivity contribution in [2.45, 2.75) is 139 Å². The summed E-state index contributed by atoms with van der Waals surface area (Å²) >= 11 is 0. The summed E-state index contributed by atoms with van der Waals surface area (Å²) < 4.78 is 11.0. The van der Waals surface area contributed by atoms with Crippen LogP contribution in [-0.4, -0.2) is 53.7 Å². The fraction of sp³-hybridized carbons (Fsp3) is 0.527. The monoisotopic (exact) mass is 885 g/mol. The summed E-state index contributed by atoms with van der Waals surface area (Å²) in [4.78, 5) is 56.5. The van der Waals surface area contributed by atoms with Gasteiger partial charge >= 0.3 is 11.9 Å². The molecule has 0 aromatic heterocycles. The zero-order chi connectivity index (χ0) is 47.1. The summed E-state index contributed by atoms with van der Waals surface area (Å²) in [5.41, 5.74) is 10.9. The van der Waals surface area contributed by atoms with Crippen molar-refractivity contribution < 1.29 is 29.0 Å². The lowest BCUT2D eigenvalue weighted by molar-refractivity contribution is -0.146. The number of aliphatic hydroxyl groups is 1. The van der Waals surface area contributed by atoms with Gasteiger partial charge in [-0.2, -0.15) is 0 Å². The average molecular weight is 885 g/mol. The minimum absolute atomic E-state index is 0.139. The maximum atomic E-state index is 14.4. The summed E-state index contributed by atoms with van der Waals surface area (Å²) in [6.07, 6.45) is 22.9. The minimum atomic E-state index is -1.23. The Morgan fingerprint density at radius 2 is 1.60 bits per heavy atom. The number of rotatable bonds is 20. The highest BCUT2D eigenvalue weighted by Gasteiger charge is 2.52. The molecule has 2 fully saturated rings. The Hall–Kier alpha value is -5.38. The van der Waals surface area contributed by atoms with E-state index in [1.165, 1.54) is 57.6 Å². The van der Waals surface area contributed by atoms with Crippen LogP contribution in [0.15, 0.2) is 131 Å². The minimum Gasteiger partial charge on any atom is -0.515 e. The molecule has 1 aliphatic carbocycles. The van der Waals surface area contributed by atoms with Gasteiger partial charge in [-0.25, -0.2) is 15.0 Å². The maximum Gasteiger partial charge on any atom is 0.321 e. The zero-order valence-electron chi connectivity index (χ0n) is 40.7. The van der Waals surface area contributed by atoms with Gasteiger partial charge in [0.1, 0.15) is 12.5 Å². The normalized spacial score (nSPS) is 23.2. The number of hydrogen-bond acceptors (Lipinski definition) is 10. The van der Waals surface area contributed by atoms with E-state index in [1.54, 1.807) is 6.08 Å². The fourth-order valence-corrected chi connectivity index (χ4v) is 10.1. The molecule has 5 heterocycles. The first kappa shape index (κ1) is 49.1. The lowest BCUT2D eigenvalue weighted by atomic mass is 9.85. The van der Waals surface area contributed by atoms with Crippen LogP contribution in [0.25, 0.3) is 0 Å². The molecular weight excluding hydrogens is 813 g/mol. The Morgan fingerprint density at radius 1 is 0.908 bits per heavy atom. The van der Waals surface area contributed by atoms with E-state index in [9.17, 15) is 19.5 Å². The Balaban J connectivity index is 1.21. The quantitative estimate of drug-likeness (QED) is 0.0537. The first-order valence-corrected chi connectivity index (χ1v) is 24.1. The topological polar surface area (TPSA) is 139 Å². The molecule has 0 radical (unpaired) electrons. The number of aliphatic imine (C=N–C) groups is 3. The third-order valence-corrected chi connectivity index (χ3v) is 14.2. The number of methoxy groups -OCH3 is 1. The van der Waals surface area contributed by atoms with Crippen LogP contribution in [-0.2, 0) is 23.9 Å². The SMILES string of the molecule is C=CC1=C(C)C2=NC1=CC1=NC(=C(CC)C1=CO)C=C1N=C3C(=C1C)C(=O)[C@H](C(=O)OC)C3=C1NC(=C2)[C@@H](C)[C@@H]1CCC(=O)OC/C=C(\C)CCCC(C)CCCC(C)CCCC(C)C. The van der Waals surface area contributed by atoms with Gasteiger partial charge in [-0.1, -0.05) is 105 Å². The molecule has 2 N–H and O–H groups in total. The van der Waals surface area contributed by atoms with Gasteiger partial charge < -0.3 is 19.9 Å². The predicted molar refractivity (Wildman–Crippen MR) is 262 cm³/mol. The molecule has 10 heteroatoms. The van der Waals surface area contributed by atoms with E-state index >= 15 is 0 Å². The van der Waals surface area contributed by atoms with Crippen molar-refractivity contribution in [2.24, 2.45) is 50.5 Å². The number of ether oxygens (including phenoxy) is 2. The third-order valence-electron chi connectivity index (χ3n) is 14.2. The summed E-state index contributed by atoms with van der Waals surface area (Å²) in [6.45, 7) is 23.7. The van der Waals surface area contributed by atoms with Crippen LogP contribution in [0.2, 0.25) is 0 Å². The van der Waals surface area contributed by atoms with Gasteiger partial charge in [-0.05, 0) is 105 Å². The molecular formula is C55H72N4O6. The number of carbonyl (C=O) groups excluding carboxylic acids is 3. The highest BCUT2D eigenvalue weighted by atomic mass is 16.5. The molecule has 0 amide bonds. The second-order valence-corrected chi connectivity index (χ2v) is 19.4. The Morgan fingerprint density at radius 3 is 2.25 bits per heavy atom. The number of nitrogens with one attached hydrogen (secondary N) is 1. The second-order valence-electron chi connectivity index (χ2n) is 19.4. The number of fused-ring (bicyclic) bond motifs is 5. The number of aliphatic hydroxyl groups excluding tert-OH is 1. The predicted octanol–water partition coefficient (Wildman–Crippen LogP) is 12.1. The summed E-state index contributed by atoms with van der Waals surface area (Å²) in [7, 11) is 1.29. The number of nitrogens with zero attached hydrogens (tertiary/aromatic N) is 3. The molecule has 8 bridgehead atoms. The maximum absolute atomic E-state index is 14.4. The van der Waals surface area contributed by atoms with Gasteiger partial charge in [0.15, 0.2) is 5.78 Å². The van der Waals surface area contributed by atoms with Crippen molar-refractivity contribution in [1.29, 1.82) is 0 Å². The first-order valence-electron chi connectivity index (χ1n) is 24.1. The van der Waals surface area contributed by atoms with Crippen LogP contribution in [0.4, 0.5) is 0 Å². The molecule has 5 atom stereocenters. The number of esters is 2. The summed E-state index contributed by atoms with van der Waals surface area (Å²) in [5, 5.41) is 14.1. The smallest absolute Gasteiger partial charge is 0.321 e. The van der Waals surface area contributed by atoms with E-state index in [0.29, 0.717) is 81.0 Å². The highest BCUT2D eigenvalue weighted by Crippen LogP contribution is 2.47. The molecule has 0 aromatic carbocycles. The Bertz CT molecular complexity index is 2350. The van der Waals surface area contributed by atoms with Crippen molar-refractivity contribution in [2.75, 3.05) is 13.7 Å². The van der Waals surface area contributed by atoms with Crippen LogP contribution in [0, 0.1) is 35.5 Å². The standard InChI is InChI=1S/C55H72N4O6/c1-12-38-35(8)42-27-43-36(9)40(23-24-48(61)65-26-25-34(7)22-16-21-33(6)20-15-19-32(5)18-14-17-31(3)4)52(58-43)50-51(55(63)64-11)54(62)49-37(10)44(59-53(49)50)28-46-39(13-2)41(30-60)47(57-46)29-45(38)56-42/h12,25,27-33,36,40,51,58,60H,1,13-24,26H2,2-11H3/b34-25+,41-30?,43-27?,44-28?,45-29?,52-50?/t32?,33?,36-,40-,51+/m0/s1. The number of allylic oxidation sites excluding steroid dienone is 12. The lowest BCUT2D eigenvalue weighted by Gasteiger charge is -2.19. The number of ketones is 1.